The van der Waals surface area contributed by atoms with Crippen LogP contribution in [0.5, 0.6) is 5.75 Å². The van der Waals surface area contributed by atoms with Crippen molar-refractivity contribution < 1.29 is 14.3 Å². The van der Waals surface area contributed by atoms with Crippen LogP contribution in [0.1, 0.15) is 30.6 Å². The predicted octanol–water partition coefficient (Wildman–Crippen LogP) is 2.83. The molecule has 0 aliphatic rings. The van der Waals surface area contributed by atoms with Gasteiger partial charge in [0, 0.05) is 35.6 Å². The maximum atomic E-state index is 11.7. The molecule has 0 saturated heterocycles. The standard InChI is InChI=1S/C15H17NO3/c1-10(17)6-7-16-9-14(11(2)18)13-8-12(19-3)4-5-15(13)16/h4-5,8-9H,6-7H2,1-3H3. The number of methoxy groups -OCH3 is 1. The Morgan fingerprint density at radius 1 is 1.26 bits per heavy atom. The van der Waals surface area contributed by atoms with Crippen molar-refractivity contribution in [2.45, 2.75) is 26.8 Å². The molecule has 0 amide bonds. The van der Waals surface area contributed by atoms with E-state index in [0.717, 1.165) is 16.7 Å². The highest BCUT2D eigenvalue weighted by Crippen LogP contribution is 2.26. The van der Waals surface area contributed by atoms with Crippen LogP contribution < -0.4 is 4.74 Å². The number of rotatable bonds is 5. The van der Waals surface area contributed by atoms with Gasteiger partial charge in [-0.2, -0.15) is 0 Å². The maximum Gasteiger partial charge on any atom is 0.161 e. The molecular weight excluding hydrogens is 242 g/mol. The predicted molar refractivity (Wildman–Crippen MR) is 73.8 cm³/mol. The molecule has 0 aliphatic carbocycles. The number of ketones is 2. The lowest BCUT2D eigenvalue weighted by Crippen LogP contribution is -2.01. The van der Waals surface area contributed by atoms with E-state index in [2.05, 4.69) is 0 Å². The number of carbonyl (C=O) groups is 2. The van der Waals surface area contributed by atoms with Crippen LogP contribution in [0.3, 0.4) is 0 Å². The highest BCUT2D eigenvalue weighted by Gasteiger charge is 2.13. The minimum Gasteiger partial charge on any atom is -0.497 e. The minimum atomic E-state index is 0.0137. The molecule has 100 valence electrons. The molecule has 0 fully saturated rings. The molecule has 0 aliphatic heterocycles. The van der Waals surface area contributed by atoms with Crippen molar-refractivity contribution in [3.8, 4) is 5.75 Å². The molecule has 1 heterocycles. The number of hydrogen-bond acceptors (Lipinski definition) is 3. The quantitative estimate of drug-likeness (QED) is 0.776. The molecule has 19 heavy (non-hydrogen) atoms. The molecule has 0 N–H and O–H groups in total. The zero-order valence-electron chi connectivity index (χ0n) is 11.4. The Morgan fingerprint density at radius 3 is 2.58 bits per heavy atom. The summed E-state index contributed by atoms with van der Waals surface area (Å²) in [7, 11) is 1.60. The lowest BCUT2D eigenvalue weighted by molar-refractivity contribution is -0.117. The van der Waals surface area contributed by atoms with Gasteiger partial charge in [-0.05, 0) is 32.0 Å². The molecule has 4 nitrogen and oxygen atoms in total. The SMILES string of the molecule is COc1ccc2c(c1)c(C(C)=O)cn2CCC(C)=O. The van der Waals surface area contributed by atoms with E-state index in [1.165, 1.54) is 0 Å². The first-order valence-corrected chi connectivity index (χ1v) is 6.20. The Hall–Kier alpha value is -2.10. The lowest BCUT2D eigenvalue weighted by Gasteiger charge is -2.04. The van der Waals surface area contributed by atoms with Gasteiger partial charge in [0.1, 0.15) is 11.5 Å². The Kier molecular flexibility index (Phi) is 3.69. The molecule has 4 heteroatoms. The van der Waals surface area contributed by atoms with Crippen molar-refractivity contribution in [2.24, 2.45) is 0 Å². The second kappa shape index (κ2) is 5.26. The smallest absolute Gasteiger partial charge is 0.161 e. The zero-order chi connectivity index (χ0) is 14.0. The Balaban J connectivity index is 2.53. The minimum absolute atomic E-state index is 0.0137. The Bertz CT molecular complexity index is 640. The molecule has 2 aromatic rings. The van der Waals surface area contributed by atoms with Gasteiger partial charge in [0.25, 0.3) is 0 Å². The summed E-state index contributed by atoms with van der Waals surface area (Å²) < 4.78 is 7.14. The fraction of sp³-hybridized carbons (Fsp3) is 0.333. The van der Waals surface area contributed by atoms with Crippen LogP contribution >= 0.6 is 0 Å². The Morgan fingerprint density at radius 2 is 2.00 bits per heavy atom. The van der Waals surface area contributed by atoms with Crippen LogP contribution in [0.15, 0.2) is 24.4 Å². The number of carbonyl (C=O) groups excluding carboxylic acids is 2. The van der Waals surface area contributed by atoms with Crippen LogP contribution in [0.4, 0.5) is 0 Å². The van der Waals surface area contributed by atoms with Crippen molar-refractivity contribution in [1.82, 2.24) is 4.57 Å². The fourth-order valence-corrected chi connectivity index (χ4v) is 2.15. The van der Waals surface area contributed by atoms with Crippen molar-refractivity contribution >= 4 is 22.5 Å². The van der Waals surface area contributed by atoms with Crippen LogP contribution in [-0.4, -0.2) is 23.2 Å². The number of aromatic nitrogens is 1. The van der Waals surface area contributed by atoms with Gasteiger partial charge < -0.3 is 9.30 Å². The lowest BCUT2D eigenvalue weighted by atomic mass is 10.1. The van der Waals surface area contributed by atoms with E-state index < -0.39 is 0 Å². The van der Waals surface area contributed by atoms with Gasteiger partial charge in [-0.25, -0.2) is 0 Å². The van der Waals surface area contributed by atoms with Gasteiger partial charge in [0.15, 0.2) is 5.78 Å². The molecule has 1 aromatic heterocycles. The average Bonchev–Trinajstić information content (AvgIpc) is 2.74. The second-order valence-corrected chi connectivity index (χ2v) is 4.63. The normalized spacial score (nSPS) is 10.7. The summed E-state index contributed by atoms with van der Waals surface area (Å²) in [6.45, 7) is 3.70. The van der Waals surface area contributed by atoms with Gasteiger partial charge in [-0.15, -0.1) is 0 Å². The number of ether oxygens (including phenoxy) is 1. The van der Waals surface area contributed by atoms with E-state index in [4.69, 9.17) is 4.74 Å². The summed E-state index contributed by atoms with van der Waals surface area (Å²) in [6, 6.07) is 5.63. The van der Waals surface area contributed by atoms with Crippen molar-refractivity contribution in [2.75, 3.05) is 7.11 Å². The molecule has 0 unspecified atom stereocenters. The highest BCUT2D eigenvalue weighted by atomic mass is 16.5. The first-order valence-electron chi connectivity index (χ1n) is 6.20. The Labute approximate surface area is 112 Å². The van der Waals surface area contributed by atoms with Gasteiger partial charge >= 0.3 is 0 Å². The molecule has 0 atom stereocenters. The number of nitrogens with zero attached hydrogens (tertiary/aromatic N) is 1. The topological polar surface area (TPSA) is 48.3 Å². The monoisotopic (exact) mass is 259 g/mol. The first-order chi connectivity index (χ1) is 9.02. The molecule has 0 spiro atoms. The van der Waals surface area contributed by atoms with E-state index in [0.29, 0.717) is 18.5 Å². The summed E-state index contributed by atoms with van der Waals surface area (Å²) in [5.41, 5.74) is 1.62. The van der Waals surface area contributed by atoms with Crippen LogP contribution in [0, 0.1) is 0 Å². The van der Waals surface area contributed by atoms with E-state index in [-0.39, 0.29) is 11.6 Å². The van der Waals surface area contributed by atoms with Crippen molar-refractivity contribution in [1.29, 1.82) is 0 Å². The van der Waals surface area contributed by atoms with Gasteiger partial charge in [-0.3, -0.25) is 9.59 Å². The second-order valence-electron chi connectivity index (χ2n) is 4.63. The van der Waals surface area contributed by atoms with Gasteiger partial charge in [0.05, 0.1) is 7.11 Å². The number of benzene rings is 1. The maximum absolute atomic E-state index is 11.7. The van der Waals surface area contributed by atoms with E-state index in [9.17, 15) is 9.59 Å². The number of aryl methyl sites for hydroxylation is 1. The third-order valence-corrected chi connectivity index (χ3v) is 3.17. The summed E-state index contributed by atoms with van der Waals surface area (Å²) in [4.78, 5) is 22.8. The first kappa shape index (κ1) is 13.3. The fourth-order valence-electron chi connectivity index (χ4n) is 2.15. The third kappa shape index (κ3) is 2.67. The van der Waals surface area contributed by atoms with Crippen molar-refractivity contribution in [3.05, 3.63) is 30.0 Å². The molecular formula is C15H17NO3. The third-order valence-electron chi connectivity index (χ3n) is 3.17. The van der Waals surface area contributed by atoms with Gasteiger partial charge in [0.2, 0.25) is 0 Å². The zero-order valence-corrected chi connectivity index (χ0v) is 11.4. The summed E-state index contributed by atoms with van der Waals surface area (Å²) in [5.74, 6) is 0.874. The molecule has 0 bridgehead atoms. The largest absolute Gasteiger partial charge is 0.497 e. The number of fused-ring (bicyclic) bond motifs is 1. The van der Waals surface area contributed by atoms with Crippen molar-refractivity contribution in [3.63, 3.8) is 0 Å². The van der Waals surface area contributed by atoms with E-state index >= 15 is 0 Å². The average molecular weight is 259 g/mol. The van der Waals surface area contributed by atoms with Crippen LogP contribution in [-0.2, 0) is 11.3 Å². The van der Waals surface area contributed by atoms with E-state index in [1.54, 1.807) is 21.0 Å². The number of hydrogen-bond donors (Lipinski definition) is 0. The molecule has 2 rings (SSSR count). The summed E-state index contributed by atoms with van der Waals surface area (Å²) in [6.07, 6.45) is 2.28. The summed E-state index contributed by atoms with van der Waals surface area (Å²) >= 11 is 0. The highest BCUT2D eigenvalue weighted by molar-refractivity contribution is 6.07. The van der Waals surface area contributed by atoms with Gasteiger partial charge in [-0.1, -0.05) is 0 Å². The number of Topliss-reactive ketones (excluding diaryl/α,β-unsaturated/α-hetero) is 2. The summed E-state index contributed by atoms with van der Waals surface area (Å²) in [5, 5.41) is 0.871. The molecule has 0 radical (unpaired) electrons. The van der Waals surface area contributed by atoms with Crippen LogP contribution in [0.25, 0.3) is 10.9 Å². The molecule has 1 aromatic carbocycles. The molecule has 0 saturated carbocycles. The van der Waals surface area contributed by atoms with E-state index in [1.807, 2.05) is 29.0 Å². The van der Waals surface area contributed by atoms with Crippen LogP contribution in [0.2, 0.25) is 0 Å².